The number of carbonyl (C=O) groups excluding carboxylic acids is 1. The Bertz CT molecular complexity index is 337. The Kier molecular flexibility index (Phi) is 2.44. The minimum Gasteiger partial charge on any atom is -0.294 e. The van der Waals surface area contributed by atoms with Crippen molar-refractivity contribution >= 4 is 21.7 Å². The van der Waals surface area contributed by atoms with Gasteiger partial charge in [-0.15, -0.1) is 0 Å². The number of carbonyl (C=O) groups is 1. The summed E-state index contributed by atoms with van der Waals surface area (Å²) in [5, 5.41) is 0.884. The Morgan fingerprint density at radius 3 is 3.15 bits per heavy atom. The normalized spacial score (nSPS) is 21.3. The van der Waals surface area contributed by atoms with E-state index in [0.717, 1.165) is 23.0 Å². The molecule has 0 aromatic carbocycles. The molecule has 0 amide bonds. The first-order valence-corrected chi connectivity index (χ1v) is 5.46. The topological polar surface area (TPSA) is 30.0 Å². The van der Waals surface area contributed by atoms with Gasteiger partial charge < -0.3 is 0 Å². The van der Waals surface area contributed by atoms with Crippen LogP contribution in [0.3, 0.4) is 0 Å². The third kappa shape index (κ3) is 1.66. The molecule has 1 atom stereocenters. The zero-order valence-corrected chi connectivity index (χ0v) is 8.75. The molecule has 0 radical (unpaired) electrons. The van der Waals surface area contributed by atoms with Gasteiger partial charge >= 0.3 is 0 Å². The number of alkyl halides is 1. The molecule has 68 valence electrons. The van der Waals surface area contributed by atoms with Crippen LogP contribution in [0.25, 0.3) is 0 Å². The molecule has 0 aliphatic heterocycles. The first kappa shape index (κ1) is 8.88. The summed E-state index contributed by atoms with van der Waals surface area (Å²) < 4.78 is 0. The molecular formula is C10H10BrNO. The van der Waals surface area contributed by atoms with E-state index in [0.29, 0.717) is 12.3 Å². The molecular weight excluding hydrogens is 230 g/mol. The second kappa shape index (κ2) is 3.58. The third-order valence-electron chi connectivity index (χ3n) is 2.36. The van der Waals surface area contributed by atoms with Gasteiger partial charge in [0, 0.05) is 23.5 Å². The Balaban J connectivity index is 2.37. The Hall–Kier alpha value is -0.700. The van der Waals surface area contributed by atoms with Gasteiger partial charge in [-0.1, -0.05) is 15.9 Å². The standard InChI is InChI=1S/C10H10BrNO/c11-6-7-4-9-8(10(13)5-7)2-1-3-12-9/h1-3,7H,4-6H2. The van der Waals surface area contributed by atoms with E-state index in [4.69, 9.17) is 0 Å². The van der Waals surface area contributed by atoms with E-state index in [2.05, 4.69) is 20.9 Å². The number of hydrogen-bond donors (Lipinski definition) is 0. The van der Waals surface area contributed by atoms with E-state index < -0.39 is 0 Å². The zero-order chi connectivity index (χ0) is 9.26. The fourth-order valence-electron chi connectivity index (χ4n) is 1.68. The highest BCUT2D eigenvalue weighted by Crippen LogP contribution is 2.24. The Morgan fingerprint density at radius 1 is 1.54 bits per heavy atom. The summed E-state index contributed by atoms with van der Waals surface area (Å²) >= 11 is 3.41. The Labute approximate surface area is 85.5 Å². The summed E-state index contributed by atoms with van der Waals surface area (Å²) in [5.41, 5.74) is 1.78. The summed E-state index contributed by atoms with van der Waals surface area (Å²) in [5.74, 6) is 0.661. The number of Topliss-reactive ketones (excluding diaryl/α,β-unsaturated/α-hetero) is 1. The van der Waals surface area contributed by atoms with Crippen molar-refractivity contribution in [3.8, 4) is 0 Å². The van der Waals surface area contributed by atoms with E-state index in [1.54, 1.807) is 6.20 Å². The van der Waals surface area contributed by atoms with Crippen molar-refractivity contribution in [3.05, 3.63) is 29.6 Å². The average Bonchev–Trinajstić information content (AvgIpc) is 2.18. The molecule has 0 saturated heterocycles. The van der Waals surface area contributed by atoms with E-state index in [1.807, 2.05) is 12.1 Å². The maximum Gasteiger partial charge on any atom is 0.165 e. The van der Waals surface area contributed by atoms with E-state index >= 15 is 0 Å². The number of pyridine rings is 1. The first-order valence-electron chi connectivity index (χ1n) is 4.34. The van der Waals surface area contributed by atoms with Crippen molar-refractivity contribution < 1.29 is 4.79 Å². The first-order chi connectivity index (χ1) is 6.31. The molecule has 1 unspecified atom stereocenters. The number of halogens is 1. The monoisotopic (exact) mass is 239 g/mol. The predicted molar refractivity (Wildman–Crippen MR) is 54.2 cm³/mol. The van der Waals surface area contributed by atoms with Gasteiger partial charge in [-0.25, -0.2) is 0 Å². The molecule has 1 aromatic rings. The van der Waals surface area contributed by atoms with Gasteiger partial charge in [-0.3, -0.25) is 9.78 Å². The number of fused-ring (bicyclic) bond motifs is 1. The van der Waals surface area contributed by atoms with E-state index in [9.17, 15) is 4.79 Å². The molecule has 1 aromatic heterocycles. The summed E-state index contributed by atoms with van der Waals surface area (Å²) in [6.07, 6.45) is 3.33. The lowest BCUT2D eigenvalue weighted by atomic mass is 9.87. The third-order valence-corrected chi connectivity index (χ3v) is 3.28. The molecule has 2 nitrogen and oxygen atoms in total. The van der Waals surface area contributed by atoms with Crippen LogP contribution >= 0.6 is 15.9 Å². The summed E-state index contributed by atoms with van der Waals surface area (Å²) in [4.78, 5) is 15.8. The maximum atomic E-state index is 11.6. The second-order valence-electron chi connectivity index (χ2n) is 3.35. The minimum atomic E-state index is 0.235. The minimum absolute atomic E-state index is 0.235. The van der Waals surface area contributed by atoms with Gasteiger partial charge in [-0.2, -0.15) is 0 Å². The van der Waals surface area contributed by atoms with Crippen LogP contribution in [-0.2, 0) is 6.42 Å². The number of hydrogen-bond acceptors (Lipinski definition) is 2. The number of ketones is 1. The zero-order valence-electron chi connectivity index (χ0n) is 7.16. The fourth-order valence-corrected chi connectivity index (χ4v) is 2.14. The lowest BCUT2D eigenvalue weighted by Gasteiger charge is -2.20. The van der Waals surface area contributed by atoms with Gasteiger partial charge in [0.05, 0.1) is 5.69 Å². The maximum absolute atomic E-state index is 11.6. The van der Waals surface area contributed by atoms with Gasteiger partial charge in [0.1, 0.15) is 0 Å². The molecule has 0 saturated carbocycles. The molecule has 3 heteroatoms. The van der Waals surface area contributed by atoms with Gasteiger partial charge in [0.2, 0.25) is 0 Å². The highest BCUT2D eigenvalue weighted by molar-refractivity contribution is 9.09. The molecule has 1 heterocycles. The quantitative estimate of drug-likeness (QED) is 0.704. The Morgan fingerprint density at radius 2 is 2.38 bits per heavy atom. The van der Waals surface area contributed by atoms with Crippen LogP contribution in [0.4, 0.5) is 0 Å². The molecule has 1 aliphatic carbocycles. The second-order valence-corrected chi connectivity index (χ2v) is 4.00. The van der Waals surface area contributed by atoms with E-state index in [-0.39, 0.29) is 5.78 Å². The van der Waals surface area contributed by atoms with Crippen molar-refractivity contribution in [2.75, 3.05) is 5.33 Å². The van der Waals surface area contributed by atoms with Crippen LogP contribution in [-0.4, -0.2) is 16.1 Å². The van der Waals surface area contributed by atoms with Crippen molar-refractivity contribution in [1.82, 2.24) is 4.98 Å². The number of rotatable bonds is 1. The lowest BCUT2D eigenvalue weighted by molar-refractivity contribution is 0.0953. The number of aromatic nitrogens is 1. The van der Waals surface area contributed by atoms with Gasteiger partial charge in [0.25, 0.3) is 0 Å². The van der Waals surface area contributed by atoms with Crippen LogP contribution < -0.4 is 0 Å². The number of nitrogens with zero attached hydrogens (tertiary/aromatic N) is 1. The lowest BCUT2D eigenvalue weighted by Crippen LogP contribution is -2.21. The molecule has 1 aliphatic rings. The van der Waals surface area contributed by atoms with E-state index in [1.165, 1.54) is 0 Å². The highest BCUT2D eigenvalue weighted by atomic mass is 79.9. The van der Waals surface area contributed by atoms with Crippen molar-refractivity contribution in [1.29, 1.82) is 0 Å². The van der Waals surface area contributed by atoms with Crippen molar-refractivity contribution in [3.63, 3.8) is 0 Å². The van der Waals surface area contributed by atoms with Crippen LogP contribution in [0, 0.1) is 5.92 Å². The molecule has 0 N–H and O–H groups in total. The largest absolute Gasteiger partial charge is 0.294 e. The summed E-state index contributed by atoms with van der Waals surface area (Å²) in [7, 11) is 0. The van der Waals surface area contributed by atoms with Gasteiger partial charge in [0.15, 0.2) is 5.78 Å². The van der Waals surface area contributed by atoms with Crippen molar-refractivity contribution in [2.45, 2.75) is 12.8 Å². The van der Waals surface area contributed by atoms with Crippen LogP contribution in [0.15, 0.2) is 18.3 Å². The van der Waals surface area contributed by atoms with Crippen LogP contribution in [0.2, 0.25) is 0 Å². The van der Waals surface area contributed by atoms with Crippen LogP contribution in [0.5, 0.6) is 0 Å². The fraction of sp³-hybridized carbons (Fsp3) is 0.400. The smallest absolute Gasteiger partial charge is 0.165 e. The molecule has 2 rings (SSSR count). The molecule has 0 spiro atoms. The SMILES string of the molecule is O=C1CC(CBr)Cc2ncccc21. The highest BCUT2D eigenvalue weighted by Gasteiger charge is 2.24. The summed E-state index contributed by atoms with van der Waals surface area (Å²) in [6.45, 7) is 0. The van der Waals surface area contributed by atoms with Crippen LogP contribution in [0.1, 0.15) is 22.5 Å². The molecule has 13 heavy (non-hydrogen) atoms. The molecule has 0 bridgehead atoms. The molecule has 0 fully saturated rings. The van der Waals surface area contributed by atoms with Gasteiger partial charge in [-0.05, 0) is 24.5 Å². The predicted octanol–water partition coefficient (Wildman–Crippen LogP) is 2.22. The summed E-state index contributed by atoms with van der Waals surface area (Å²) in [6, 6.07) is 3.69. The average molecular weight is 240 g/mol. The van der Waals surface area contributed by atoms with Crippen molar-refractivity contribution in [2.24, 2.45) is 5.92 Å².